The Morgan fingerprint density at radius 1 is 0.950 bits per heavy atom. The fraction of sp³-hybridized carbons (Fsp3) is 0.941. The van der Waals surface area contributed by atoms with Crippen LogP contribution in [0, 0.1) is 0 Å². The number of carbonyl (C=O) groups is 1. The van der Waals surface area contributed by atoms with Gasteiger partial charge in [0, 0.05) is 20.1 Å². The highest BCUT2D eigenvalue weighted by molar-refractivity contribution is 5.83. The lowest BCUT2D eigenvalue weighted by Crippen LogP contribution is -2.31. The Kier molecular flexibility index (Phi) is 14.7. The van der Waals surface area contributed by atoms with Crippen LogP contribution in [0.15, 0.2) is 0 Å². The average molecular weight is 285 g/mol. The van der Waals surface area contributed by atoms with Gasteiger partial charge in [0.15, 0.2) is 0 Å². The van der Waals surface area contributed by atoms with Crippen molar-refractivity contribution in [1.82, 2.24) is 0 Å². The molecule has 0 aliphatic heterocycles. The van der Waals surface area contributed by atoms with E-state index in [0.717, 1.165) is 12.8 Å². The van der Waals surface area contributed by atoms with Gasteiger partial charge in [-0.05, 0) is 12.8 Å². The van der Waals surface area contributed by atoms with E-state index in [0.29, 0.717) is 19.4 Å². The molecule has 0 bridgehead atoms. The topological polar surface area (TPSA) is 52.3 Å². The molecule has 0 amide bonds. The van der Waals surface area contributed by atoms with Crippen molar-refractivity contribution in [3.05, 3.63) is 0 Å². The van der Waals surface area contributed by atoms with Gasteiger partial charge in [0.1, 0.15) is 5.78 Å². The molecule has 0 fully saturated rings. The van der Waals surface area contributed by atoms with E-state index in [1.165, 1.54) is 51.4 Å². The molecule has 0 saturated heterocycles. The van der Waals surface area contributed by atoms with E-state index in [2.05, 4.69) is 6.92 Å². The number of hydrogen-bond acceptors (Lipinski definition) is 3. The smallest absolute Gasteiger partial charge is 0.149 e. The minimum Gasteiger partial charge on any atom is -0.385 e. The first kappa shape index (κ1) is 19.6. The Hall–Kier alpha value is -0.410. The van der Waals surface area contributed by atoms with Crippen molar-refractivity contribution in [3.8, 4) is 0 Å². The standard InChI is InChI=1S/C17H35NO2/c1-3-4-5-6-7-8-9-10-11-12-13-17(19)16(18)14-15-20-2/h16H,3-15,18H2,1-2H3. The predicted octanol–water partition coefficient (Wildman–Crippen LogP) is 4.23. The minimum absolute atomic E-state index is 0.196. The van der Waals surface area contributed by atoms with Crippen molar-refractivity contribution in [3.63, 3.8) is 0 Å². The van der Waals surface area contributed by atoms with E-state index in [-0.39, 0.29) is 11.8 Å². The number of rotatable bonds is 15. The monoisotopic (exact) mass is 285 g/mol. The molecule has 0 heterocycles. The molecule has 3 nitrogen and oxygen atoms in total. The predicted molar refractivity (Wildman–Crippen MR) is 85.9 cm³/mol. The van der Waals surface area contributed by atoms with Crippen LogP contribution in [0.1, 0.15) is 84.0 Å². The maximum Gasteiger partial charge on any atom is 0.149 e. The number of Topliss-reactive ketones (excluding diaryl/α,β-unsaturated/α-hetero) is 1. The number of hydrogen-bond donors (Lipinski definition) is 1. The summed E-state index contributed by atoms with van der Waals surface area (Å²) in [6.07, 6.45) is 14.2. The third-order valence-corrected chi connectivity index (χ3v) is 3.82. The maximum atomic E-state index is 11.7. The van der Waals surface area contributed by atoms with Crippen molar-refractivity contribution in [2.75, 3.05) is 13.7 Å². The fourth-order valence-electron chi connectivity index (χ4n) is 2.38. The Morgan fingerprint density at radius 3 is 1.95 bits per heavy atom. The Morgan fingerprint density at radius 2 is 1.45 bits per heavy atom. The summed E-state index contributed by atoms with van der Waals surface area (Å²) in [6.45, 7) is 2.83. The second kappa shape index (κ2) is 15.0. The molecular weight excluding hydrogens is 250 g/mol. The van der Waals surface area contributed by atoms with Crippen LogP contribution in [0.25, 0.3) is 0 Å². The third-order valence-electron chi connectivity index (χ3n) is 3.82. The first-order valence-corrected chi connectivity index (χ1v) is 8.49. The number of ketones is 1. The zero-order chi connectivity index (χ0) is 15.1. The number of carbonyl (C=O) groups excluding carboxylic acids is 1. The highest BCUT2D eigenvalue weighted by Gasteiger charge is 2.12. The second-order valence-electron chi connectivity index (χ2n) is 5.79. The molecule has 120 valence electrons. The van der Waals surface area contributed by atoms with Crippen molar-refractivity contribution >= 4 is 5.78 Å². The summed E-state index contributed by atoms with van der Waals surface area (Å²) in [4.78, 5) is 11.7. The van der Waals surface area contributed by atoms with Crippen molar-refractivity contribution < 1.29 is 9.53 Å². The number of unbranched alkanes of at least 4 members (excludes halogenated alkanes) is 9. The van der Waals surface area contributed by atoms with Gasteiger partial charge in [-0.1, -0.05) is 64.7 Å². The summed E-state index contributed by atoms with van der Waals surface area (Å²) < 4.78 is 4.94. The molecule has 0 saturated carbocycles. The maximum absolute atomic E-state index is 11.7. The normalized spacial score (nSPS) is 12.6. The van der Waals surface area contributed by atoms with Crippen LogP contribution in [0.4, 0.5) is 0 Å². The molecule has 0 rings (SSSR count). The van der Waals surface area contributed by atoms with Gasteiger partial charge in [0.05, 0.1) is 6.04 Å². The van der Waals surface area contributed by atoms with Crippen molar-refractivity contribution in [2.24, 2.45) is 5.73 Å². The summed E-state index contributed by atoms with van der Waals surface area (Å²) >= 11 is 0. The molecule has 0 aromatic heterocycles. The lowest BCUT2D eigenvalue weighted by atomic mass is 10.0. The van der Waals surface area contributed by atoms with Gasteiger partial charge in [0.2, 0.25) is 0 Å². The van der Waals surface area contributed by atoms with Crippen LogP contribution < -0.4 is 5.73 Å². The molecule has 0 aliphatic rings. The number of nitrogens with two attached hydrogens (primary N) is 1. The number of methoxy groups -OCH3 is 1. The molecule has 0 aromatic carbocycles. The van der Waals surface area contributed by atoms with Gasteiger partial charge in [-0.3, -0.25) is 4.79 Å². The summed E-state index contributed by atoms with van der Waals surface area (Å²) in [6, 6.07) is -0.325. The fourth-order valence-corrected chi connectivity index (χ4v) is 2.38. The summed E-state index contributed by atoms with van der Waals surface area (Å²) in [7, 11) is 1.64. The molecule has 2 N–H and O–H groups in total. The second-order valence-corrected chi connectivity index (χ2v) is 5.79. The van der Waals surface area contributed by atoms with Crippen molar-refractivity contribution in [1.29, 1.82) is 0 Å². The minimum atomic E-state index is -0.325. The van der Waals surface area contributed by atoms with E-state index in [9.17, 15) is 4.79 Å². The van der Waals surface area contributed by atoms with E-state index >= 15 is 0 Å². The Balaban J connectivity index is 3.24. The Labute approximate surface area is 125 Å². The molecule has 3 heteroatoms. The van der Waals surface area contributed by atoms with E-state index in [1.54, 1.807) is 7.11 Å². The lowest BCUT2D eigenvalue weighted by Gasteiger charge is -2.09. The first-order chi connectivity index (χ1) is 9.72. The van der Waals surface area contributed by atoms with Gasteiger partial charge in [-0.25, -0.2) is 0 Å². The lowest BCUT2D eigenvalue weighted by molar-refractivity contribution is -0.120. The van der Waals surface area contributed by atoms with Crippen LogP contribution >= 0.6 is 0 Å². The van der Waals surface area contributed by atoms with E-state index in [4.69, 9.17) is 10.5 Å². The summed E-state index contributed by atoms with van der Waals surface area (Å²) in [5.41, 5.74) is 5.79. The van der Waals surface area contributed by atoms with Crippen LogP contribution in [-0.2, 0) is 9.53 Å². The highest BCUT2D eigenvalue weighted by Crippen LogP contribution is 2.11. The summed E-state index contributed by atoms with van der Waals surface area (Å²) in [5.74, 6) is 0.196. The highest BCUT2D eigenvalue weighted by atomic mass is 16.5. The quantitative estimate of drug-likeness (QED) is 0.458. The van der Waals surface area contributed by atoms with Gasteiger partial charge < -0.3 is 10.5 Å². The van der Waals surface area contributed by atoms with Gasteiger partial charge >= 0.3 is 0 Å². The van der Waals surface area contributed by atoms with Crippen LogP contribution in [0.3, 0.4) is 0 Å². The van der Waals surface area contributed by atoms with Crippen LogP contribution in [0.2, 0.25) is 0 Å². The number of ether oxygens (including phenoxy) is 1. The third kappa shape index (κ3) is 12.6. The van der Waals surface area contributed by atoms with Crippen molar-refractivity contribution in [2.45, 2.75) is 90.0 Å². The SMILES string of the molecule is CCCCCCCCCCCCC(=O)C(N)CCOC. The Bertz CT molecular complexity index is 219. The van der Waals surface area contributed by atoms with Gasteiger partial charge in [-0.2, -0.15) is 0 Å². The molecule has 0 aliphatic carbocycles. The molecule has 0 aromatic rings. The van der Waals surface area contributed by atoms with E-state index in [1.807, 2.05) is 0 Å². The average Bonchev–Trinajstić information content (AvgIpc) is 2.46. The molecule has 1 atom stereocenters. The van der Waals surface area contributed by atoms with Crippen LogP contribution in [-0.4, -0.2) is 25.5 Å². The molecule has 1 unspecified atom stereocenters. The molecule has 0 spiro atoms. The molecule has 0 radical (unpaired) electrons. The zero-order valence-corrected chi connectivity index (χ0v) is 13.7. The van der Waals surface area contributed by atoms with Gasteiger partial charge in [-0.15, -0.1) is 0 Å². The largest absolute Gasteiger partial charge is 0.385 e. The molecule has 20 heavy (non-hydrogen) atoms. The van der Waals surface area contributed by atoms with Crippen LogP contribution in [0.5, 0.6) is 0 Å². The van der Waals surface area contributed by atoms with E-state index < -0.39 is 0 Å². The molecular formula is C17H35NO2. The first-order valence-electron chi connectivity index (χ1n) is 8.49. The zero-order valence-electron chi connectivity index (χ0n) is 13.7. The summed E-state index contributed by atoms with van der Waals surface area (Å²) in [5, 5.41) is 0. The van der Waals surface area contributed by atoms with Gasteiger partial charge in [0.25, 0.3) is 0 Å².